The molecule has 0 unspecified atom stereocenters. The molecule has 23 heavy (non-hydrogen) atoms. The second kappa shape index (κ2) is 5.48. The van der Waals surface area contributed by atoms with Gasteiger partial charge in [0.1, 0.15) is 16.8 Å². The molecule has 1 amide bonds. The van der Waals surface area contributed by atoms with Crippen molar-refractivity contribution in [2.75, 3.05) is 5.32 Å². The fraction of sp³-hybridized carbons (Fsp3) is 0.235. The summed E-state index contributed by atoms with van der Waals surface area (Å²) in [5.41, 5.74) is 3.47. The normalized spacial score (nSPS) is 17.6. The molecule has 1 N–H and O–H groups in total. The lowest BCUT2D eigenvalue weighted by molar-refractivity contribution is -0.110. The van der Waals surface area contributed by atoms with Gasteiger partial charge in [-0.1, -0.05) is 11.6 Å². The molecule has 4 rings (SSSR count). The van der Waals surface area contributed by atoms with Crippen molar-refractivity contribution in [3.8, 4) is 6.07 Å². The first-order chi connectivity index (χ1) is 11.2. The molecule has 1 aliphatic heterocycles. The Labute approximate surface area is 142 Å². The van der Waals surface area contributed by atoms with Crippen LogP contribution in [0.1, 0.15) is 34.4 Å². The predicted molar refractivity (Wildman–Crippen MR) is 92.0 cm³/mol. The zero-order chi connectivity index (χ0) is 16.0. The minimum Gasteiger partial charge on any atom is -0.320 e. The molecule has 2 aliphatic rings. The van der Waals surface area contributed by atoms with Crippen LogP contribution >= 0.6 is 22.9 Å². The van der Waals surface area contributed by atoms with Crippen molar-refractivity contribution in [2.45, 2.75) is 25.7 Å². The summed E-state index contributed by atoms with van der Waals surface area (Å²) >= 11 is 7.57. The van der Waals surface area contributed by atoms with E-state index in [1.165, 1.54) is 16.2 Å². The molecule has 114 valence electrons. The summed E-state index contributed by atoms with van der Waals surface area (Å²) in [5.74, 6) is -0.252. The maximum Gasteiger partial charge on any atom is 0.275 e. The van der Waals surface area contributed by atoms with E-state index in [9.17, 15) is 10.1 Å². The van der Waals surface area contributed by atoms with Gasteiger partial charge in [-0.3, -0.25) is 4.79 Å². The van der Waals surface area contributed by atoms with Crippen molar-refractivity contribution in [3.05, 3.63) is 44.8 Å². The molecule has 1 aliphatic carbocycles. The third kappa shape index (κ3) is 2.35. The number of carbonyl (C=O) groups is 1. The summed E-state index contributed by atoms with van der Waals surface area (Å²) < 4.78 is 0. The molecule has 0 fully saturated rings. The lowest BCUT2D eigenvalue weighted by atomic mass is 9.96. The van der Waals surface area contributed by atoms with Crippen LogP contribution in [-0.4, -0.2) is 11.6 Å². The highest BCUT2D eigenvalue weighted by molar-refractivity contribution is 7.16. The van der Waals surface area contributed by atoms with Crippen LogP contribution in [0.5, 0.6) is 0 Å². The standard InChI is InChI=1S/C17H12ClN3OS/c18-9-5-6-13-11(7-9)15(16(22)20-13)21-17-12(8-19)10-3-1-2-4-14(10)23-17/h5-7H,1-4H2,(H,20,21,22). The fourth-order valence-corrected chi connectivity index (χ4v) is 4.47. The number of thiophene rings is 1. The van der Waals surface area contributed by atoms with E-state index in [0.717, 1.165) is 31.2 Å². The second-order valence-electron chi connectivity index (χ2n) is 5.61. The molecule has 0 atom stereocenters. The summed E-state index contributed by atoms with van der Waals surface area (Å²) in [4.78, 5) is 18.0. The van der Waals surface area contributed by atoms with E-state index in [0.29, 0.717) is 32.5 Å². The fourth-order valence-electron chi connectivity index (χ4n) is 3.08. The topological polar surface area (TPSA) is 65.2 Å². The molecule has 6 heteroatoms. The molecule has 0 saturated heterocycles. The number of nitrogens with one attached hydrogen (secondary N) is 1. The number of rotatable bonds is 1. The zero-order valence-electron chi connectivity index (χ0n) is 12.1. The monoisotopic (exact) mass is 341 g/mol. The molecule has 4 nitrogen and oxygen atoms in total. The number of halogens is 1. The zero-order valence-corrected chi connectivity index (χ0v) is 13.7. The molecule has 1 aromatic heterocycles. The maximum atomic E-state index is 12.2. The number of hydrogen-bond acceptors (Lipinski definition) is 4. The number of hydrogen-bond donors (Lipinski definition) is 1. The average molecular weight is 342 g/mol. The Bertz CT molecular complexity index is 907. The van der Waals surface area contributed by atoms with E-state index in [1.807, 2.05) is 0 Å². The molecule has 2 aromatic rings. The Morgan fingerprint density at radius 1 is 1.30 bits per heavy atom. The highest BCUT2D eigenvalue weighted by atomic mass is 35.5. The highest BCUT2D eigenvalue weighted by Crippen LogP contribution is 2.40. The van der Waals surface area contributed by atoms with Crippen LogP contribution < -0.4 is 5.32 Å². The van der Waals surface area contributed by atoms with Gasteiger partial charge in [0.05, 0.1) is 11.3 Å². The first-order valence-electron chi connectivity index (χ1n) is 7.42. The number of amides is 1. The predicted octanol–water partition coefficient (Wildman–Crippen LogP) is 4.22. The number of aliphatic imine (C=N–C) groups is 1. The van der Waals surface area contributed by atoms with Gasteiger partial charge >= 0.3 is 0 Å². The summed E-state index contributed by atoms with van der Waals surface area (Å²) in [6.45, 7) is 0. The van der Waals surface area contributed by atoms with E-state index < -0.39 is 0 Å². The molecule has 1 aromatic carbocycles. The number of benzene rings is 1. The van der Waals surface area contributed by atoms with Crippen molar-refractivity contribution in [3.63, 3.8) is 0 Å². The van der Waals surface area contributed by atoms with Crippen LogP contribution in [0.25, 0.3) is 0 Å². The first-order valence-corrected chi connectivity index (χ1v) is 8.61. The SMILES string of the molecule is N#Cc1c(N=C2C(=O)Nc3ccc(Cl)cc32)sc2c1CCCC2. The molecule has 0 radical (unpaired) electrons. The summed E-state index contributed by atoms with van der Waals surface area (Å²) in [7, 11) is 0. The number of anilines is 1. The van der Waals surface area contributed by atoms with Crippen LogP contribution in [0.3, 0.4) is 0 Å². The number of carbonyl (C=O) groups excluding carboxylic acids is 1. The van der Waals surface area contributed by atoms with Gasteiger partial charge in [-0.25, -0.2) is 4.99 Å². The van der Waals surface area contributed by atoms with E-state index in [1.54, 1.807) is 18.2 Å². The largest absolute Gasteiger partial charge is 0.320 e. The number of fused-ring (bicyclic) bond motifs is 2. The van der Waals surface area contributed by atoms with Crippen LogP contribution in [-0.2, 0) is 17.6 Å². The van der Waals surface area contributed by atoms with Crippen LogP contribution in [0.4, 0.5) is 10.7 Å². The van der Waals surface area contributed by atoms with E-state index >= 15 is 0 Å². The summed E-state index contributed by atoms with van der Waals surface area (Å²) in [6, 6.07) is 7.50. The minimum absolute atomic E-state index is 0.252. The van der Waals surface area contributed by atoms with Crippen LogP contribution in [0, 0.1) is 11.3 Å². The van der Waals surface area contributed by atoms with Gasteiger partial charge < -0.3 is 5.32 Å². The number of aryl methyl sites for hydroxylation is 1. The van der Waals surface area contributed by atoms with Gasteiger partial charge in [-0.15, -0.1) is 11.3 Å². The van der Waals surface area contributed by atoms with Gasteiger partial charge in [0.15, 0.2) is 0 Å². The molecule has 0 bridgehead atoms. The van der Waals surface area contributed by atoms with Gasteiger partial charge in [0, 0.05) is 15.5 Å². The molecule has 0 saturated carbocycles. The minimum atomic E-state index is -0.252. The van der Waals surface area contributed by atoms with E-state index in [4.69, 9.17) is 11.6 Å². The lowest BCUT2D eigenvalue weighted by Crippen LogP contribution is -2.13. The van der Waals surface area contributed by atoms with Crippen molar-refractivity contribution >= 4 is 45.2 Å². The van der Waals surface area contributed by atoms with Crippen molar-refractivity contribution in [1.29, 1.82) is 5.26 Å². The Morgan fingerprint density at radius 2 is 2.13 bits per heavy atom. The molecular formula is C17H12ClN3OS. The smallest absolute Gasteiger partial charge is 0.275 e. The second-order valence-corrected chi connectivity index (χ2v) is 7.13. The molecule has 0 spiro atoms. The Hall–Kier alpha value is -2.16. The van der Waals surface area contributed by atoms with Gasteiger partial charge in [0.2, 0.25) is 0 Å². The highest BCUT2D eigenvalue weighted by Gasteiger charge is 2.28. The van der Waals surface area contributed by atoms with Gasteiger partial charge in [-0.05, 0) is 49.4 Å². The molecular weight excluding hydrogens is 330 g/mol. The van der Waals surface area contributed by atoms with Crippen LogP contribution in [0.15, 0.2) is 23.2 Å². The quantitative estimate of drug-likeness (QED) is 0.843. The first kappa shape index (κ1) is 14.4. The number of nitriles is 1. The molecule has 2 heterocycles. The van der Waals surface area contributed by atoms with E-state index in [-0.39, 0.29) is 5.91 Å². The van der Waals surface area contributed by atoms with Gasteiger partial charge in [0.25, 0.3) is 5.91 Å². The number of nitrogens with zero attached hydrogens (tertiary/aromatic N) is 2. The third-order valence-corrected chi connectivity index (χ3v) is 5.60. The van der Waals surface area contributed by atoms with Crippen molar-refractivity contribution in [1.82, 2.24) is 0 Å². The lowest BCUT2D eigenvalue weighted by Gasteiger charge is -2.09. The third-order valence-electron chi connectivity index (χ3n) is 4.18. The van der Waals surface area contributed by atoms with Crippen molar-refractivity contribution < 1.29 is 4.79 Å². The Balaban J connectivity index is 1.86. The van der Waals surface area contributed by atoms with E-state index in [2.05, 4.69) is 16.4 Å². The maximum absolute atomic E-state index is 12.2. The Kier molecular flexibility index (Phi) is 3.44. The average Bonchev–Trinajstić information content (AvgIpc) is 3.05. The van der Waals surface area contributed by atoms with Gasteiger partial charge in [-0.2, -0.15) is 5.26 Å². The van der Waals surface area contributed by atoms with Crippen LogP contribution in [0.2, 0.25) is 5.02 Å². The Morgan fingerprint density at radius 3 is 2.96 bits per heavy atom. The summed E-state index contributed by atoms with van der Waals surface area (Å²) in [5, 5.41) is 13.5. The summed E-state index contributed by atoms with van der Waals surface area (Å²) in [6.07, 6.45) is 4.17. The van der Waals surface area contributed by atoms with Crippen molar-refractivity contribution in [2.24, 2.45) is 4.99 Å².